The van der Waals surface area contributed by atoms with Crippen LogP contribution in [0.25, 0.3) is 0 Å². The van der Waals surface area contributed by atoms with Gasteiger partial charge in [-0.05, 0) is 91.4 Å². The Morgan fingerprint density at radius 3 is 2.43 bits per heavy atom. The molecule has 3 heterocycles. The predicted octanol–water partition coefficient (Wildman–Crippen LogP) is 7.91. The van der Waals surface area contributed by atoms with Crippen molar-refractivity contribution in [3.8, 4) is 5.75 Å². The maximum Gasteiger partial charge on any atom is 0.410 e. The number of pyridine rings is 1. The Hall–Kier alpha value is -5.50. The van der Waals surface area contributed by atoms with Crippen LogP contribution in [0.3, 0.4) is 0 Å². The van der Waals surface area contributed by atoms with Crippen LogP contribution in [0.2, 0.25) is 0 Å². The topological polar surface area (TPSA) is 150 Å². The quantitative estimate of drug-likeness (QED) is 0.0919. The highest BCUT2D eigenvalue weighted by Gasteiger charge is 2.33. The molecular weight excluding hydrogens is 690 g/mol. The Labute approximate surface area is 315 Å². The molecule has 2 aliphatic heterocycles. The SMILES string of the molecule is CC1(C)OCc2cc(C3CN(CCCCCOCCCOCc4cccc(NC(=O)Nc5cccc(NC(=O)c6cccnc6)c5)c4)C(=O)O3)ccc2O1. The van der Waals surface area contributed by atoms with Gasteiger partial charge in [-0.1, -0.05) is 24.3 Å². The van der Waals surface area contributed by atoms with E-state index in [1.165, 1.54) is 6.20 Å². The van der Waals surface area contributed by atoms with Crippen LogP contribution in [0.5, 0.6) is 5.75 Å². The summed E-state index contributed by atoms with van der Waals surface area (Å²) in [5.74, 6) is -0.134. The molecule has 0 bridgehead atoms. The molecule has 1 saturated heterocycles. The Bertz CT molecular complexity index is 1890. The summed E-state index contributed by atoms with van der Waals surface area (Å²) in [6.07, 6.45) is 6.02. The number of aromatic nitrogens is 1. The molecule has 284 valence electrons. The number of hydrogen-bond acceptors (Lipinski definition) is 9. The fourth-order valence-electron chi connectivity index (χ4n) is 6.07. The van der Waals surface area contributed by atoms with Crippen molar-refractivity contribution in [3.05, 3.63) is 114 Å². The van der Waals surface area contributed by atoms with Crippen molar-refractivity contribution in [1.29, 1.82) is 0 Å². The molecule has 1 atom stereocenters. The molecule has 0 radical (unpaired) electrons. The molecular formula is C41H47N5O8. The third-order valence-corrected chi connectivity index (χ3v) is 8.82. The number of unbranched alkanes of at least 4 members (excludes halogenated alkanes) is 2. The number of carbonyl (C=O) groups is 3. The molecule has 54 heavy (non-hydrogen) atoms. The maximum atomic E-state index is 12.7. The van der Waals surface area contributed by atoms with Gasteiger partial charge < -0.3 is 44.5 Å². The van der Waals surface area contributed by atoms with E-state index in [1.54, 1.807) is 53.6 Å². The maximum absolute atomic E-state index is 12.7. The minimum Gasteiger partial charge on any atom is -0.463 e. The lowest BCUT2D eigenvalue weighted by atomic mass is 10.0. The lowest BCUT2D eigenvalue weighted by Crippen LogP contribution is -2.35. The summed E-state index contributed by atoms with van der Waals surface area (Å²) >= 11 is 0. The molecule has 3 aromatic carbocycles. The standard InChI is InChI=1S/C41H47N5O8/c1-41(2)52-28-32-23-30(15-16-36(32)54-41)37-26-46(40(49)53-37)18-4-3-5-19-50-20-9-21-51-27-29-10-6-12-33(22-29)44-39(48)45-35-14-7-13-34(24-35)43-38(47)31-11-8-17-42-25-31/h6-8,10-17,22-25,37H,3-5,9,18-21,26-28H2,1-2H3,(H,43,47)(H2,44,45,48). The number of amides is 4. The molecule has 1 aromatic heterocycles. The smallest absolute Gasteiger partial charge is 0.410 e. The van der Waals surface area contributed by atoms with Gasteiger partial charge in [-0.15, -0.1) is 0 Å². The number of ether oxygens (including phenoxy) is 5. The van der Waals surface area contributed by atoms with Crippen LogP contribution in [0, 0.1) is 0 Å². The van der Waals surface area contributed by atoms with E-state index in [-0.39, 0.29) is 18.1 Å². The van der Waals surface area contributed by atoms with Gasteiger partial charge in [-0.2, -0.15) is 0 Å². The van der Waals surface area contributed by atoms with Crippen molar-refractivity contribution in [3.63, 3.8) is 0 Å². The monoisotopic (exact) mass is 737 g/mol. The molecule has 6 rings (SSSR count). The first-order valence-electron chi connectivity index (χ1n) is 18.3. The summed E-state index contributed by atoms with van der Waals surface area (Å²) in [6.45, 7) is 7.63. The van der Waals surface area contributed by atoms with Crippen LogP contribution >= 0.6 is 0 Å². The van der Waals surface area contributed by atoms with Gasteiger partial charge in [-0.3, -0.25) is 9.78 Å². The van der Waals surface area contributed by atoms with Crippen molar-refractivity contribution in [2.45, 2.75) is 64.6 Å². The fourth-order valence-corrected chi connectivity index (χ4v) is 6.07. The number of nitrogens with one attached hydrogen (secondary N) is 3. The van der Waals surface area contributed by atoms with E-state index in [0.29, 0.717) is 68.7 Å². The second-order valence-corrected chi connectivity index (χ2v) is 13.6. The average molecular weight is 738 g/mol. The Kier molecular flexibility index (Phi) is 13.1. The number of rotatable bonds is 17. The minimum atomic E-state index is -0.647. The number of anilines is 3. The van der Waals surface area contributed by atoms with Crippen molar-refractivity contribution in [1.82, 2.24) is 9.88 Å². The lowest BCUT2D eigenvalue weighted by Gasteiger charge is -2.32. The van der Waals surface area contributed by atoms with E-state index in [1.807, 2.05) is 50.2 Å². The van der Waals surface area contributed by atoms with Crippen LogP contribution in [0.1, 0.15) is 72.7 Å². The summed E-state index contributed by atoms with van der Waals surface area (Å²) in [4.78, 5) is 43.3. The van der Waals surface area contributed by atoms with Crippen molar-refractivity contribution >= 4 is 35.1 Å². The van der Waals surface area contributed by atoms with E-state index in [9.17, 15) is 14.4 Å². The lowest BCUT2D eigenvalue weighted by molar-refractivity contribution is -0.180. The zero-order chi connectivity index (χ0) is 37.8. The molecule has 4 aromatic rings. The fraction of sp³-hybridized carbons (Fsp3) is 0.366. The minimum absolute atomic E-state index is 0.278. The highest BCUT2D eigenvalue weighted by atomic mass is 16.7. The molecule has 13 nitrogen and oxygen atoms in total. The number of nitrogens with zero attached hydrogens (tertiary/aromatic N) is 2. The van der Waals surface area contributed by atoms with Crippen molar-refractivity contribution in [2.24, 2.45) is 0 Å². The number of cyclic esters (lactones) is 1. The number of urea groups is 1. The molecule has 2 aliphatic rings. The normalized spacial score (nSPS) is 15.9. The molecule has 0 spiro atoms. The largest absolute Gasteiger partial charge is 0.463 e. The van der Waals surface area contributed by atoms with E-state index in [0.717, 1.165) is 48.1 Å². The van der Waals surface area contributed by atoms with Gasteiger partial charge in [0.15, 0.2) is 0 Å². The third-order valence-electron chi connectivity index (χ3n) is 8.82. The summed E-state index contributed by atoms with van der Waals surface area (Å²) in [5.41, 5.74) is 4.98. The van der Waals surface area contributed by atoms with Crippen molar-refractivity contribution < 1.29 is 38.1 Å². The molecule has 1 unspecified atom stereocenters. The van der Waals surface area contributed by atoms with E-state index >= 15 is 0 Å². The van der Waals surface area contributed by atoms with E-state index < -0.39 is 11.8 Å². The number of carbonyl (C=O) groups excluding carboxylic acids is 3. The molecule has 3 N–H and O–H groups in total. The van der Waals surface area contributed by atoms with Gasteiger partial charge >= 0.3 is 12.1 Å². The van der Waals surface area contributed by atoms with Gasteiger partial charge in [0.2, 0.25) is 5.79 Å². The molecule has 13 heteroatoms. The van der Waals surface area contributed by atoms with Gasteiger partial charge in [-0.25, -0.2) is 9.59 Å². The summed E-state index contributed by atoms with van der Waals surface area (Å²) in [7, 11) is 0. The van der Waals surface area contributed by atoms with Gasteiger partial charge in [0.1, 0.15) is 11.9 Å². The average Bonchev–Trinajstić information content (AvgIpc) is 3.53. The van der Waals surface area contributed by atoms with E-state index in [2.05, 4.69) is 20.9 Å². The highest BCUT2D eigenvalue weighted by Crippen LogP contribution is 2.35. The van der Waals surface area contributed by atoms with Crippen molar-refractivity contribution in [2.75, 3.05) is 48.9 Å². The third kappa shape index (κ3) is 11.3. The zero-order valence-corrected chi connectivity index (χ0v) is 30.7. The molecule has 0 aliphatic carbocycles. The van der Waals surface area contributed by atoms with Crippen LogP contribution in [-0.4, -0.2) is 66.6 Å². The Morgan fingerprint density at radius 2 is 1.61 bits per heavy atom. The first-order chi connectivity index (χ1) is 26.2. The van der Waals surface area contributed by atoms with Crippen LogP contribution in [0.4, 0.5) is 26.7 Å². The first-order valence-corrected chi connectivity index (χ1v) is 18.3. The van der Waals surface area contributed by atoms with Crippen LogP contribution in [-0.2, 0) is 32.2 Å². The molecule has 4 amide bonds. The molecule has 0 saturated carbocycles. The predicted molar refractivity (Wildman–Crippen MR) is 203 cm³/mol. The number of benzene rings is 3. The number of fused-ring (bicyclic) bond motifs is 1. The summed E-state index contributed by atoms with van der Waals surface area (Å²) < 4.78 is 28.9. The van der Waals surface area contributed by atoms with Gasteiger partial charge in [0.25, 0.3) is 5.91 Å². The Balaban J connectivity index is 0.800. The summed E-state index contributed by atoms with van der Waals surface area (Å²) in [5, 5.41) is 8.44. The number of hydrogen-bond donors (Lipinski definition) is 3. The van der Waals surface area contributed by atoms with Gasteiger partial charge in [0, 0.05) is 75.2 Å². The zero-order valence-electron chi connectivity index (χ0n) is 30.7. The van der Waals surface area contributed by atoms with Crippen LogP contribution in [0.15, 0.2) is 91.3 Å². The Morgan fingerprint density at radius 1 is 0.852 bits per heavy atom. The highest BCUT2D eigenvalue weighted by molar-refractivity contribution is 6.05. The second kappa shape index (κ2) is 18.5. The first kappa shape index (κ1) is 38.2. The second-order valence-electron chi connectivity index (χ2n) is 13.6. The molecule has 1 fully saturated rings. The van der Waals surface area contributed by atoms with Gasteiger partial charge in [0.05, 0.1) is 25.3 Å². The van der Waals surface area contributed by atoms with Crippen LogP contribution < -0.4 is 20.7 Å². The van der Waals surface area contributed by atoms with E-state index in [4.69, 9.17) is 23.7 Å². The summed E-state index contributed by atoms with van der Waals surface area (Å²) in [6, 6.07) is 23.2.